The second-order valence-electron chi connectivity index (χ2n) is 7.45. The summed E-state index contributed by atoms with van der Waals surface area (Å²) >= 11 is -1.71. The van der Waals surface area contributed by atoms with E-state index in [-0.39, 0.29) is 11.5 Å². The summed E-state index contributed by atoms with van der Waals surface area (Å²) in [5.41, 5.74) is 2.03. The first kappa shape index (κ1) is 17.9. The van der Waals surface area contributed by atoms with Crippen LogP contribution in [0.3, 0.4) is 0 Å². The van der Waals surface area contributed by atoms with E-state index in [2.05, 4.69) is 64.2 Å². The Kier molecular flexibility index (Phi) is 4.96. The molecule has 0 unspecified atom stereocenters. The maximum atomic E-state index is 12.6. The van der Waals surface area contributed by atoms with Crippen LogP contribution in [0.15, 0.2) is 38.3 Å². The van der Waals surface area contributed by atoms with Gasteiger partial charge in [0.15, 0.2) is 0 Å². The Labute approximate surface area is 161 Å². The van der Waals surface area contributed by atoms with Gasteiger partial charge in [-0.2, -0.15) is 0 Å². The molecule has 0 aliphatic carbocycles. The number of fused-ring (bicyclic) bond motifs is 1. The minimum absolute atomic E-state index is 0.0112. The quantitative estimate of drug-likeness (QED) is 0.429. The van der Waals surface area contributed by atoms with Crippen LogP contribution in [0.4, 0.5) is 0 Å². The predicted octanol–water partition coefficient (Wildman–Crippen LogP) is 3.44. The van der Waals surface area contributed by atoms with Gasteiger partial charge in [0.05, 0.1) is 0 Å². The first-order valence-corrected chi connectivity index (χ1v) is 12.4. The van der Waals surface area contributed by atoms with Crippen molar-refractivity contribution in [2.75, 3.05) is 13.1 Å². The number of nitrogens with zero attached hydrogens (tertiary/aromatic N) is 3. The Hall–Kier alpha value is -1.54. The zero-order valence-electron chi connectivity index (χ0n) is 15.4. The molecule has 2 aromatic rings. The van der Waals surface area contributed by atoms with E-state index in [9.17, 15) is 4.79 Å². The molecular weight excluding hydrogens is 439 g/mol. The Bertz CT molecular complexity index is 877. The molecule has 6 heteroatoms. The van der Waals surface area contributed by atoms with Crippen LogP contribution >= 0.6 is 20.1 Å². The molecule has 0 saturated carbocycles. The molecule has 1 saturated heterocycles. The molecule has 0 radical (unpaired) electrons. The zero-order valence-corrected chi connectivity index (χ0v) is 17.6. The molecule has 3 heterocycles. The number of halogens is 1. The van der Waals surface area contributed by atoms with Crippen molar-refractivity contribution >= 4 is 26.3 Å². The van der Waals surface area contributed by atoms with E-state index in [1.807, 2.05) is 0 Å². The third-order valence-electron chi connectivity index (χ3n) is 5.10. The summed E-state index contributed by atoms with van der Waals surface area (Å²) in [4.78, 5) is 23.0. The summed E-state index contributed by atoms with van der Waals surface area (Å²) in [7, 11) is 0. The number of aromatic nitrogens is 2. The van der Waals surface area contributed by atoms with Crippen LogP contribution in [0.5, 0.6) is 0 Å². The number of H-pyrrole nitrogens is 1. The van der Waals surface area contributed by atoms with E-state index in [0.717, 1.165) is 29.2 Å². The number of benzene rings is 1. The van der Waals surface area contributed by atoms with Crippen molar-refractivity contribution in [3.63, 3.8) is 0 Å². The monoisotopic (exact) mass is 464 g/mol. The van der Waals surface area contributed by atoms with Gasteiger partial charge in [0.25, 0.3) is 0 Å². The molecule has 1 fully saturated rings. The first-order chi connectivity index (χ1) is 12.5. The molecule has 1 N–H and O–H groups in total. The number of hydrogen-bond donors (Lipinski definition) is 1. The molecule has 0 bridgehead atoms. The van der Waals surface area contributed by atoms with E-state index < -0.39 is 20.1 Å². The molecule has 2 atom stereocenters. The van der Waals surface area contributed by atoms with Crippen molar-refractivity contribution in [3.8, 4) is 0 Å². The van der Waals surface area contributed by atoms with Crippen molar-refractivity contribution in [3.05, 3.63) is 61.3 Å². The SMILES string of the molecule is CC(C)I1N=Cc2c1nc([C@@H]1CN(Cc3ccccc3)C[C@H]1C)[nH]c2=O. The van der Waals surface area contributed by atoms with Gasteiger partial charge in [-0.15, -0.1) is 0 Å². The fourth-order valence-electron chi connectivity index (χ4n) is 3.77. The van der Waals surface area contributed by atoms with Gasteiger partial charge in [0, 0.05) is 0 Å². The van der Waals surface area contributed by atoms with Gasteiger partial charge in [-0.3, -0.25) is 0 Å². The minimum atomic E-state index is -1.71. The van der Waals surface area contributed by atoms with Gasteiger partial charge in [0.1, 0.15) is 0 Å². The molecule has 0 amide bonds. The molecule has 4 rings (SSSR count). The van der Waals surface area contributed by atoms with Gasteiger partial charge in [0.2, 0.25) is 0 Å². The normalized spacial score (nSPS) is 23.8. The standard InChI is InChI=1S/C20H25IN4O/c1-13(2)21-18-16(9-22-21)20(26)24-19(23-18)17-12-25(10-14(17)3)11-15-7-5-4-6-8-15/h4-9,13-14,17H,10-12H2,1-3H3,(H,23,24,26)/t14-,17-/m1/s1. The molecule has 2 aliphatic heterocycles. The average Bonchev–Trinajstić information content (AvgIpc) is 3.19. The van der Waals surface area contributed by atoms with Gasteiger partial charge in [-0.05, 0) is 0 Å². The molecule has 0 spiro atoms. The van der Waals surface area contributed by atoms with Crippen LogP contribution in [0.2, 0.25) is 0 Å². The molecule has 1 aromatic carbocycles. The van der Waals surface area contributed by atoms with Crippen molar-refractivity contribution in [2.45, 2.75) is 37.2 Å². The van der Waals surface area contributed by atoms with E-state index in [1.165, 1.54) is 5.56 Å². The molecule has 5 nitrogen and oxygen atoms in total. The molecule has 2 aliphatic rings. The predicted molar refractivity (Wildman–Crippen MR) is 114 cm³/mol. The molecule has 1 aromatic heterocycles. The number of rotatable bonds is 4. The fourth-order valence-corrected chi connectivity index (χ4v) is 7.92. The van der Waals surface area contributed by atoms with Crippen LogP contribution in [-0.4, -0.2) is 38.1 Å². The van der Waals surface area contributed by atoms with Crippen LogP contribution in [-0.2, 0) is 6.54 Å². The van der Waals surface area contributed by atoms with E-state index in [4.69, 9.17) is 4.98 Å². The topological polar surface area (TPSA) is 61.4 Å². The number of alkyl halides is 1. The van der Waals surface area contributed by atoms with Gasteiger partial charge >= 0.3 is 162 Å². The Morgan fingerprint density at radius 3 is 2.77 bits per heavy atom. The van der Waals surface area contributed by atoms with Gasteiger partial charge in [-0.25, -0.2) is 0 Å². The fraction of sp³-hybridized carbons (Fsp3) is 0.450. The first-order valence-electron chi connectivity index (χ1n) is 9.16. The summed E-state index contributed by atoms with van der Waals surface area (Å²) in [6, 6.07) is 10.6. The number of nitrogens with one attached hydrogen (secondary N) is 1. The van der Waals surface area contributed by atoms with Crippen molar-refractivity contribution in [2.24, 2.45) is 9.12 Å². The summed E-state index contributed by atoms with van der Waals surface area (Å²) in [6.45, 7) is 9.57. The Morgan fingerprint density at radius 2 is 2.04 bits per heavy atom. The van der Waals surface area contributed by atoms with E-state index >= 15 is 0 Å². The van der Waals surface area contributed by atoms with Crippen LogP contribution in [0.25, 0.3) is 0 Å². The van der Waals surface area contributed by atoms with Crippen molar-refractivity contribution in [1.82, 2.24) is 14.9 Å². The molecule has 26 heavy (non-hydrogen) atoms. The third kappa shape index (κ3) is 3.36. The summed E-state index contributed by atoms with van der Waals surface area (Å²) in [5.74, 6) is 1.62. The average molecular weight is 464 g/mol. The van der Waals surface area contributed by atoms with Gasteiger partial charge in [-0.1, -0.05) is 0 Å². The maximum absolute atomic E-state index is 12.6. The summed E-state index contributed by atoms with van der Waals surface area (Å²) in [5, 5.41) is 0. The summed E-state index contributed by atoms with van der Waals surface area (Å²) < 4.78 is 6.17. The Balaban J connectivity index is 1.58. The third-order valence-corrected chi connectivity index (χ3v) is 10.2. The van der Waals surface area contributed by atoms with Crippen molar-refractivity contribution < 1.29 is 0 Å². The number of likely N-dealkylation sites (tertiary alicyclic amines) is 1. The Morgan fingerprint density at radius 1 is 1.27 bits per heavy atom. The van der Waals surface area contributed by atoms with Crippen LogP contribution in [0, 0.1) is 9.62 Å². The zero-order chi connectivity index (χ0) is 18.3. The molecule has 138 valence electrons. The summed E-state index contributed by atoms with van der Waals surface area (Å²) in [6.07, 6.45) is 1.76. The molecular formula is C20H25IN4O. The van der Waals surface area contributed by atoms with Crippen molar-refractivity contribution in [1.29, 1.82) is 0 Å². The number of hydrogen-bond acceptors (Lipinski definition) is 4. The second-order valence-corrected chi connectivity index (χ2v) is 13.2. The van der Waals surface area contributed by atoms with E-state index in [0.29, 0.717) is 15.4 Å². The van der Waals surface area contributed by atoms with Gasteiger partial charge < -0.3 is 0 Å². The van der Waals surface area contributed by atoms with Crippen LogP contribution < -0.4 is 5.56 Å². The van der Waals surface area contributed by atoms with Crippen LogP contribution in [0.1, 0.15) is 43.6 Å². The second kappa shape index (κ2) is 7.23. The van der Waals surface area contributed by atoms with E-state index in [1.54, 1.807) is 6.21 Å². The number of aromatic amines is 1.